The van der Waals surface area contributed by atoms with Gasteiger partial charge in [-0.3, -0.25) is 0 Å². The Bertz CT molecular complexity index is 281. The van der Waals surface area contributed by atoms with E-state index in [1.165, 1.54) is 0 Å². The van der Waals surface area contributed by atoms with Gasteiger partial charge in [-0.25, -0.2) is 4.98 Å². The van der Waals surface area contributed by atoms with Crippen LogP contribution in [-0.2, 0) is 4.74 Å². The van der Waals surface area contributed by atoms with Crippen molar-refractivity contribution in [3.05, 3.63) is 22.8 Å². The molecule has 0 aliphatic heterocycles. The topological polar surface area (TPSA) is 34.1 Å². The number of nitrogens with one attached hydrogen (secondary N) is 1. The summed E-state index contributed by atoms with van der Waals surface area (Å²) >= 11 is 3.33. The molecule has 1 rings (SSSR count). The van der Waals surface area contributed by atoms with E-state index in [4.69, 9.17) is 4.74 Å². The first kappa shape index (κ1) is 11.5. The summed E-state index contributed by atoms with van der Waals surface area (Å²) in [5.74, 6) is 0.892. The summed E-state index contributed by atoms with van der Waals surface area (Å²) in [4.78, 5) is 4.29. The van der Waals surface area contributed by atoms with Gasteiger partial charge in [0.15, 0.2) is 0 Å². The highest BCUT2D eigenvalue weighted by molar-refractivity contribution is 9.10. The average molecular weight is 259 g/mol. The maximum atomic E-state index is 5.00. The van der Waals surface area contributed by atoms with Gasteiger partial charge in [-0.15, -0.1) is 0 Å². The van der Waals surface area contributed by atoms with Crippen LogP contribution < -0.4 is 5.32 Å². The molecule has 1 aromatic rings. The van der Waals surface area contributed by atoms with Crippen molar-refractivity contribution >= 4 is 21.7 Å². The minimum Gasteiger partial charge on any atom is -0.385 e. The fourth-order valence-corrected chi connectivity index (χ4v) is 1.45. The second-order valence-electron chi connectivity index (χ2n) is 3.17. The number of anilines is 1. The van der Waals surface area contributed by atoms with Crippen LogP contribution in [0, 0.1) is 0 Å². The summed E-state index contributed by atoms with van der Waals surface area (Å²) in [6.07, 6.45) is 0.977. The van der Waals surface area contributed by atoms with Gasteiger partial charge in [0.25, 0.3) is 0 Å². The lowest BCUT2D eigenvalue weighted by Crippen LogP contribution is -2.17. The molecule has 0 spiro atoms. The quantitative estimate of drug-likeness (QED) is 0.825. The van der Waals surface area contributed by atoms with Gasteiger partial charge in [-0.2, -0.15) is 0 Å². The molecule has 0 radical (unpaired) electrons. The van der Waals surface area contributed by atoms with E-state index in [9.17, 15) is 0 Å². The van der Waals surface area contributed by atoms with Crippen molar-refractivity contribution < 1.29 is 4.74 Å². The van der Waals surface area contributed by atoms with Crippen molar-refractivity contribution in [1.82, 2.24) is 4.98 Å². The standard InChI is InChI=1S/C10H15BrN2O/c1-8(6-7-14-2)12-10-5-3-4-9(11)13-10/h3-5,8H,6-7H2,1-2H3,(H,12,13). The minimum atomic E-state index is 0.372. The number of halogens is 1. The lowest BCUT2D eigenvalue weighted by atomic mass is 10.2. The first-order valence-corrected chi connectivity index (χ1v) is 5.39. The second-order valence-corrected chi connectivity index (χ2v) is 3.98. The SMILES string of the molecule is COCCC(C)Nc1cccc(Br)n1. The van der Waals surface area contributed by atoms with Crippen molar-refractivity contribution in [2.75, 3.05) is 19.0 Å². The molecule has 1 heterocycles. The number of ether oxygens (including phenoxy) is 1. The number of aromatic nitrogens is 1. The molecule has 0 saturated carbocycles. The smallest absolute Gasteiger partial charge is 0.127 e. The van der Waals surface area contributed by atoms with E-state index in [-0.39, 0.29) is 0 Å². The third-order valence-corrected chi connectivity index (χ3v) is 2.31. The van der Waals surface area contributed by atoms with Gasteiger partial charge in [-0.1, -0.05) is 6.07 Å². The summed E-state index contributed by atoms with van der Waals surface area (Å²) in [6, 6.07) is 6.19. The van der Waals surface area contributed by atoms with E-state index in [1.54, 1.807) is 7.11 Å². The Labute approximate surface area is 93.0 Å². The van der Waals surface area contributed by atoms with E-state index in [0.717, 1.165) is 23.4 Å². The summed E-state index contributed by atoms with van der Waals surface area (Å²) in [7, 11) is 1.71. The highest BCUT2D eigenvalue weighted by Crippen LogP contribution is 2.11. The Kier molecular flexibility index (Phi) is 4.90. The molecular formula is C10H15BrN2O. The second kappa shape index (κ2) is 5.98. The molecule has 14 heavy (non-hydrogen) atoms. The lowest BCUT2D eigenvalue weighted by molar-refractivity contribution is 0.191. The van der Waals surface area contributed by atoms with E-state index in [0.29, 0.717) is 6.04 Å². The van der Waals surface area contributed by atoms with Crippen LogP contribution in [0.3, 0.4) is 0 Å². The molecule has 1 atom stereocenters. The molecule has 0 aliphatic carbocycles. The minimum absolute atomic E-state index is 0.372. The van der Waals surface area contributed by atoms with Crippen molar-refractivity contribution in [2.24, 2.45) is 0 Å². The Morgan fingerprint density at radius 3 is 3.00 bits per heavy atom. The number of hydrogen-bond acceptors (Lipinski definition) is 3. The van der Waals surface area contributed by atoms with Gasteiger partial charge >= 0.3 is 0 Å². The number of nitrogens with zero attached hydrogens (tertiary/aromatic N) is 1. The van der Waals surface area contributed by atoms with E-state index >= 15 is 0 Å². The number of pyridine rings is 1. The monoisotopic (exact) mass is 258 g/mol. The Hall–Kier alpha value is -0.610. The molecule has 0 fully saturated rings. The van der Waals surface area contributed by atoms with Crippen LogP contribution in [0.2, 0.25) is 0 Å². The molecular weight excluding hydrogens is 244 g/mol. The fourth-order valence-electron chi connectivity index (χ4n) is 1.11. The lowest BCUT2D eigenvalue weighted by Gasteiger charge is -2.13. The van der Waals surface area contributed by atoms with E-state index in [2.05, 4.69) is 33.2 Å². The molecule has 78 valence electrons. The molecule has 1 aromatic heterocycles. The Morgan fingerprint density at radius 2 is 2.36 bits per heavy atom. The van der Waals surface area contributed by atoms with Crippen molar-refractivity contribution in [3.8, 4) is 0 Å². The maximum absolute atomic E-state index is 5.00. The highest BCUT2D eigenvalue weighted by atomic mass is 79.9. The largest absolute Gasteiger partial charge is 0.385 e. The molecule has 3 nitrogen and oxygen atoms in total. The molecule has 0 amide bonds. The van der Waals surface area contributed by atoms with Crippen LogP contribution in [0.25, 0.3) is 0 Å². The maximum Gasteiger partial charge on any atom is 0.127 e. The molecule has 0 aromatic carbocycles. The predicted octanol–water partition coefficient (Wildman–Crippen LogP) is 2.68. The van der Waals surface area contributed by atoms with Crippen LogP contribution in [0.1, 0.15) is 13.3 Å². The predicted molar refractivity (Wildman–Crippen MR) is 61.5 cm³/mol. The van der Waals surface area contributed by atoms with Crippen LogP contribution in [0.5, 0.6) is 0 Å². The zero-order valence-electron chi connectivity index (χ0n) is 8.46. The summed E-state index contributed by atoms with van der Waals surface area (Å²) < 4.78 is 5.85. The zero-order valence-corrected chi connectivity index (χ0v) is 10.0. The molecule has 0 bridgehead atoms. The summed E-state index contributed by atoms with van der Waals surface area (Å²) in [6.45, 7) is 2.88. The number of rotatable bonds is 5. The van der Waals surface area contributed by atoms with Gasteiger partial charge in [0.2, 0.25) is 0 Å². The van der Waals surface area contributed by atoms with Gasteiger partial charge in [-0.05, 0) is 41.4 Å². The Balaban J connectivity index is 2.43. The van der Waals surface area contributed by atoms with Crippen LogP contribution in [0.4, 0.5) is 5.82 Å². The first-order chi connectivity index (χ1) is 6.72. The van der Waals surface area contributed by atoms with Crippen molar-refractivity contribution in [1.29, 1.82) is 0 Å². The van der Waals surface area contributed by atoms with E-state index in [1.807, 2.05) is 18.2 Å². The average Bonchev–Trinajstić information content (AvgIpc) is 2.15. The van der Waals surface area contributed by atoms with Gasteiger partial charge in [0.1, 0.15) is 10.4 Å². The fraction of sp³-hybridized carbons (Fsp3) is 0.500. The third-order valence-electron chi connectivity index (χ3n) is 1.86. The third kappa shape index (κ3) is 4.07. The van der Waals surface area contributed by atoms with Gasteiger partial charge in [0.05, 0.1) is 0 Å². The normalized spacial score (nSPS) is 12.5. The molecule has 1 unspecified atom stereocenters. The molecule has 1 N–H and O–H groups in total. The Morgan fingerprint density at radius 1 is 1.57 bits per heavy atom. The summed E-state index contributed by atoms with van der Waals surface area (Å²) in [5.41, 5.74) is 0. The van der Waals surface area contributed by atoms with Crippen LogP contribution in [-0.4, -0.2) is 24.7 Å². The highest BCUT2D eigenvalue weighted by Gasteiger charge is 2.02. The molecule has 0 saturated heterocycles. The van der Waals surface area contributed by atoms with Crippen LogP contribution >= 0.6 is 15.9 Å². The molecule has 0 aliphatic rings. The number of methoxy groups -OCH3 is 1. The van der Waals surface area contributed by atoms with E-state index < -0.39 is 0 Å². The first-order valence-electron chi connectivity index (χ1n) is 4.60. The van der Waals surface area contributed by atoms with Gasteiger partial charge in [0, 0.05) is 19.8 Å². The van der Waals surface area contributed by atoms with Crippen molar-refractivity contribution in [3.63, 3.8) is 0 Å². The van der Waals surface area contributed by atoms with Gasteiger partial charge < -0.3 is 10.1 Å². The number of hydrogen-bond donors (Lipinski definition) is 1. The molecule has 4 heteroatoms. The van der Waals surface area contributed by atoms with Crippen LogP contribution in [0.15, 0.2) is 22.8 Å². The van der Waals surface area contributed by atoms with Crippen molar-refractivity contribution in [2.45, 2.75) is 19.4 Å². The summed E-state index contributed by atoms with van der Waals surface area (Å²) in [5, 5.41) is 3.30. The zero-order chi connectivity index (χ0) is 10.4.